The van der Waals surface area contributed by atoms with Gasteiger partial charge >= 0.3 is 10.8 Å². The van der Waals surface area contributed by atoms with E-state index in [9.17, 15) is 14.4 Å². The van der Waals surface area contributed by atoms with Crippen LogP contribution in [0.1, 0.15) is 43.1 Å². The number of likely N-dealkylation sites (N-methyl/N-ethyl adjacent to an activating group) is 1. The van der Waals surface area contributed by atoms with Gasteiger partial charge in [0.15, 0.2) is 0 Å². The van der Waals surface area contributed by atoms with Crippen LogP contribution in [0.25, 0.3) is 0 Å². The number of nitrogens with zero attached hydrogens (tertiary/aromatic N) is 2. The van der Waals surface area contributed by atoms with Crippen LogP contribution < -0.4 is 10.2 Å². The number of carbonyl (C=O) groups excluding carboxylic acids is 2. The molecule has 1 aliphatic heterocycles. The second-order valence-electron chi connectivity index (χ2n) is 6.21. The molecule has 1 aliphatic rings. The van der Waals surface area contributed by atoms with Gasteiger partial charge in [0, 0.05) is 30.7 Å². The van der Waals surface area contributed by atoms with Crippen LogP contribution >= 0.6 is 22.7 Å². The predicted molar refractivity (Wildman–Crippen MR) is 103 cm³/mol. The van der Waals surface area contributed by atoms with Crippen LogP contribution in [0.3, 0.4) is 0 Å². The van der Waals surface area contributed by atoms with Crippen LogP contribution in [0.5, 0.6) is 0 Å². The fourth-order valence-corrected chi connectivity index (χ4v) is 5.12. The molecule has 7 nitrogen and oxygen atoms in total. The summed E-state index contributed by atoms with van der Waals surface area (Å²) in [6, 6.07) is 0. The van der Waals surface area contributed by atoms with Gasteiger partial charge < -0.3 is 19.5 Å². The van der Waals surface area contributed by atoms with E-state index in [4.69, 9.17) is 4.74 Å². The largest absolute Gasteiger partial charge is 0.462 e. The third-order valence-electron chi connectivity index (χ3n) is 4.46. The molecule has 140 valence electrons. The minimum absolute atomic E-state index is 0.189. The molecule has 0 aromatic carbocycles. The Morgan fingerprint density at radius 1 is 1.27 bits per heavy atom. The summed E-state index contributed by atoms with van der Waals surface area (Å²) < 4.78 is 6.65. The molecule has 9 heteroatoms. The molecular formula is C17H21N3O4S2. The number of hydrogen-bond acceptors (Lipinski definition) is 7. The number of carbonyl (C=O) groups is 2. The van der Waals surface area contributed by atoms with Crippen LogP contribution in [0.2, 0.25) is 0 Å². The number of rotatable bonds is 4. The van der Waals surface area contributed by atoms with Gasteiger partial charge in [-0.3, -0.25) is 9.59 Å². The van der Waals surface area contributed by atoms with E-state index in [2.05, 4.69) is 10.2 Å². The molecule has 2 aromatic rings. The molecule has 0 unspecified atom stereocenters. The zero-order chi connectivity index (χ0) is 19.0. The zero-order valence-electron chi connectivity index (χ0n) is 15.2. The summed E-state index contributed by atoms with van der Waals surface area (Å²) in [5, 5.41) is 3.33. The lowest BCUT2D eigenvalue weighted by Gasteiger charge is -2.22. The van der Waals surface area contributed by atoms with Crippen molar-refractivity contribution in [2.45, 2.75) is 26.8 Å². The fourth-order valence-electron chi connectivity index (χ4n) is 2.93. The molecule has 3 rings (SSSR count). The summed E-state index contributed by atoms with van der Waals surface area (Å²) in [6.07, 6.45) is 0.740. The van der Waals surface area contributed by atoms with Crippen LogP contribution in [-0.4, -0.2) is 41.5 Å². The number of thiazole rings is 1. The van der Waals surface area contributed by atoms with E-state index in [-0.39, 0.29) is 17.4 Å². The molecule has 0 atom stereocenters. The van der Waals surface area contributed by atoms with E-state index >= 15 is 0 Å². The van der Waals surface area contributed by atoms with E-state index in [1.54, 1.807) is 20.9 Å². The molecular weight excluding hydrogens is 374 g/mol. The lowest BCUT2D eigenvalue weighted by molar-refractivity contribution is 0.0526. The first-order chi connectivity index (χ1) is 12.3. The molecule has 1 N–H and O–H groups in total. The molecule has 0 bridgehead atoms. The number of fused-ring (bicyclic) bond motifs is 1. The van der Waals surface area contributed by atoms with E-state index in [0.29, 0.717) is 21.1 Å². The minimum atomic E-state index is -0.414. The number of amides is 1. The Kier molecular flexibility index (Phi) is 5.31. The first kappa shape index (κ1) is 18.8. The SMILES string of the molecule is CCOC(=O)c1c(NC(=O)c2sc(=O)n(C)c2C)sc2c1CCN(C)C2. The van der Waals surface area contributed by atoms with Gasteiger partial charge in [0.2, 0.25) is 0 Å². The molecule has 1 amide bonds. The van der Waals surface area contributed by atoms with E-state index in [0.717, 1.165) is 41.3 Å². The lowest BCUT2D eigenvalue weighted by Crippen LogP contribution is -2.26. The number of aromatic nitrogens is 1. The van der Waals surface area contributed by atoms with Crippen molar-refractivity contribution in [3.05, 3.63) is 36.2 Å². The first-order valence-corrected chi connectivity index (χ1v) is 9.94. The molecule has 26 heavy (non-hydrogen) atoms. The number of nitrogens with one attached hydrogen (secondary N) is 1. The van der Waals surface area contributed by atoms with Gasteiger partial charge in [-0.1, -0.05) is 11.3 Å². The van der Waals surface area contributed by atoms with Gasteiger partial charge in [0.25, 0.3) is 5.91 Å². The third-order valence-corrected chi connectivity index (χ3v) is 6.72. The average molecular weight is 396 g/mol. The van der Waals surface area contributed by atoms with Crippen molar-refractivity contribution >= 4 is 39.6 Å². The van der Waals surface area contributed by atoms with Crippen LogP contribution in [-0.2, 0) is 24.8 Å². The van der Waals surface area contributed by atoms with Crippen molar-refractivity contribution < 1.29 is 14.3 Å². The summed E-state index contributed by atoms with van der Waals surface area (Å²) in [6.45, 7) is 5.35. The maximum Gasteiger partial charge on any atom is 0.341 e. The third kappa shape index (κ3) is 3.34. The Bertz CT molecular complexity index is 925. The van der Waals surface area contributed by atoms with Gasteiger partial charge in [0.05, 0.1) is 12.2 Å². The second-order valence-corrected chi connectivity index (χ2v) is 8.28. The Labute approximate surface area is 159 Å². The maximum absolute atomic E-state index is 12.7. The molecule has 2 aromatic heterocycles. The molecule has 0 saturated heterocycles. The predicted octanol–water partition coefficient (Wildman–Crippen LogP) is 2.23. The van der Waals surface area contributed by atoms with Crippen molar-refractivity contribution in [2.24, 2.45) is 7.05 Å². The van der Waals surface area contributed by atoms with Crippen molar-refractivity contribution in [1.82, 2.24) is 9.47 Å². The summed E-state index contributed by atoms with van der Waals surface area (Å²) in [4.78, 5) is 40.4. The van der Waals surface area contributed by atoms with E-state index in [1.807, 2.05) is 7.05 Å². The molecule has 0 spiro atoms. The van der Waals surface area contributed by atoms with Gasteiger partial charge in [-0.2, -0.15) is 0 Å². The Morgan fingerprint density at radius 3 is 2.62 bits per heavy atom. The summed E-state index contributed by atoms with van der Waals surface area (Å²) in [5.41, 5.74) is 2.02. The number of thiophene rings is 1. The second kappa shape index (κ2) is 7.34. The number of esters is 1. The average Bonchev–Trinajstić information content (AvgIpc) is 3.06. The first-order valence-electron chi connectivity index (χ1n) is 8.31. The highest BCUT2D eigenvalue weighted by Gasteiger charge is 2.29. The Balaban J connectivity index is 1.98. The van der Waals surface area contributed by atoms with Crippen molar-refractivity contribution in [2.75, 3.05) is 25.5 Å². The van der Waals surface area contributed by atoms with E-state index in [1.165, 1.54) is 15.9 Å². The monoisotopic (exact) mass is 395 g/mol. The Hall–Kier alpha value is -1.97. The maximum atomic E-state index is 12.7. The van der Waals surface area contributed by atoms with Gasteiger partial charge in [-0.25, -0.2) is 4.79 Å². The highest BCUT2D eigenvalue weighted by molar-refractivity contribution is 7.17. The summed E-state index contributed by atoms with van der Waals surface area (Å²) >= 11 is 2.31. The van der Waals surface area contributed by atoms with E-state index < -0.39 is 5.97 Å². The van der Waals surface area contributed by atoms with Gasteiger partial charge in [0.1, 0.15) is 9.88 Å². The topological polar surface area (TPSA) is 80.6 Å². The quantitative estimate of drug-likeness (QED) is 0.803. The highest BCUT2D eigenvalue weighted by atomic mass is 32.1. The zero-order valence-corrected chi connectivity index (χ0v) is 16.8. The number of hydrogen-bond donors (Lipinski definition) is 1. The normalized spacial score (nSPS) is 14.2. The van der Waals surface area contributed by atoms with Crippen molar-refractivity contribution in [3.8, 4) is 0 Å². The van der Waals surface area contributed by atoms with Crippen LogP contribution in [0, 0.1) is 6.92 Å². The smallest absolute Gasteiger partial charge is 0.341 e. The number of ether oxygens (including phenoxy) is 1. The summed E-state index contributed by atoms with van der Waals surface area (Å²) in [7, 11) is 3.66. The van der Waals surface area contributed by atoms with Crippen molar-refractivity contribution in [1.29, 1.82) is 0 Å². The fraction of sp³-hybridized carbons (Fsp3) is 0.471. The molecule has 0 fully saturated rings. The Morgan fingerprint density at radius 2 is 2.00 bits per heavy atom. The molecule has 0 saturated carbocycles. The van der Waals surface area contributed by atoms with Gasteiger partial charge in [-0.15, -0.1) is 11.3 Å². The number of anilines is 1. The lowest BCUT2D eigenvalue weighted by atomic mass is 10.0. The minimum Gasteiger partial charge on any atom is -0.462 e. The summed E-state index contributed by atoms with van der Waals surface area (Å²) in [5.74, 6) is -0.787. The van der Waals surface area contributed by atoms with Gasteiger partial charge in [-0.05, 0) is 32.9 Å². The highest BCUT2D eigenvalue weighted by Crippen LogP contribution is 2.37. The molecule has 0 radical (unpaired) electrons. The standard InChI is InChI=1S/C17H21N3O4S2/c1-5-24-16(22)12-10-6-7-19(3)8-11(10)25-15(12)18-14(21)13-9(2)20(4)17(23)26-13/h5-8H2,1-4H3,(H,18,21). The van der Waals surface area contributed by atoms with Crippen LogP contribution in [0.4, 0.5) is 5.00 Å². The van der Waals surface area contributed by atoms with Crippen molar-refractivity contribution in [3.63, 3.8) is 0 Å². The molecule has 3 heterocycles. The molecule has 0 aliphatic carbocycles. The van der Waals surface area contributed by atoms with Crippen LogP contribution in [0.15, 0.2) is 4.79 Å².